The van der Waals surface area contributed by atoms with Crippen molar-refractivity contribution < 1.29 is 9.18 Å². The van der Waals surface area contributed by atoms with E-state index in [4.69, 9.17) is 0 Å². The molecule has 1 aromatic heterocycles. The van der Waals surface area contributed by atoms with Crippen LogP contribution in [0.4, 0.5) is 4.39 Å². The molecule has 80 valence electrons. The van der Waals surface area contributed by atoms with Crippen molar-refractivity contribution in [2.75, 3.05) is 5.75 Å². The summed E-state index contributed by atoms with van der Waals surface area (Å²) in [5.74, 6) is 0.111. The maximum Gasteiger partial charge on any atom is 0.259 e. The van der Waals surface area contributed by atoms with Crippen LogP contribution in [0.1, 0.15) is 4.79 Å². The van der Waals surface area contributed by atoms with E-state index < -0.39 is 0 Å². The van der Waals surface area contributed by atoms with Crippen molar-refractivity contribution in [3.8, 4) is 11.4 Å². The van der Waals surface area contributed by atoms with Crippen LogP contribution in [0.5, 0.6) is 0 Å². The Kier molecular flexibility index (Phi) is 2.03. The minimum atomic E-state index is -0.385. The summed E-state index contributed by atoms with van der Waals surface area (Å²) in [4.78, 5) is 15.5. The van der Waals surface area contributed by atoms with E-state index in [9.17, 15) is 9.18 Å². The molecular weight excluding hydrogens is 229 g/mol. The molecule has 0 atom stereocenters. The normalized spacial score (nSPS) is 14.2. The highest BCUT2D eigenvalue weighted by Gasteiger charge is 2.25. The van der Waals surface area contributed by atoms with Gasteiger partial charge in [-0.2, -0.15) is 4.68 Å². The topological polar surface area (TPSA) is 47.8 Å². The van der Waals surface area contributed by atoms with Crippen molar-refractivity contribution in [2.24, 2.45) is 0 Å². The van der Waals surface area contributed by atoms with Gasteiger partial charge in [-0.3, -0.25) is 4.79 Å². The van der Waals surface area contributed by atoms with E-state index in [1.54, 1.807) is 18.2 Å². The number of carbonyl (C=O) groups is 1. The summed E-state index contributed by atoms with van der Waals surface area (Å²) >= 11 is 1.31. The monoisotopic (exact) mass is 235 g/mol. The van der Waals surface area contributed by atoms with Gasteiger partial charge < -0.3 is 0 Å². The molecule has 1 aliphatic rings. The van der Waals surface area contributed by atoms with Gasteiger partial charge in [-0.25, -0.2) is 9.37 Å². The van der Waals surface area contributed by atoms with Gasteiger partial charge in [0, 0.05) is 0 Å². The molecule has 1 aromatic carbocycles. The third-order valence-electron chi connectivity index (χ3n) is 2.25. The van der Waals surface area contributed by atoms with Gasteiger partial charge in [0.25, 0.3) is 5.91 Å². The maximum absolute atomic E-state index is 13.5. The molecule has 4 nitrogen and oxygen atoms in total. The SMILES string of the molecule is O=C1CSc2nc(-c3ccccc3F)nn21. The van der Waals surface area contributed by atoms with E-state index in [1.807, 2.05) is 0 Å². The third kappa shape index (κ3) is 1.34. The second kappa shape index (κ2) is 3.41. The molecule has 0 saturated carbocycles. The average Bonchev–Trinajstić information content (AvgIpc) is 2.82. The van der Waals surface area contributed by atoms with E-state index in [2.05, 4.69) is 10.1 Å². The van der Waals surface area contributed by atoms with Gasteiger partial charge >= 0.3 is 0 Å². The molecule has 0 spiro atoms. The van der Waals surface area contributed by atoms with Crippen LogP contribution in [-0.2, 0) is 0 Å². The van der Waals surface area contributed by atoms with Crippen molar-refractivity contribution in [1.29, 1.82) is 0 Å². The Balaban J connectivity index is 2.12. The first-order valence-electron chi connectivity index (χ1n) is 4.63. The van der Waals surface area contributed by atoms with Gasteiger partial charge in [0.15, 0.2) is 11.0 Å². The molecule has 2 aromatic rings. The molecule has 1 aliphatic heterocycles. The van der Waals surface area contributed by atoms with Gasteiger partial charge in [-0.05, 0) is 12.1 Å². The summed E-state index contributed by atoms with van der Waals surface area (Å²) < 4.78 is 14.7. The highest BCUT2D eigenvalue weighted by Crippen LogP contribution is 2.27. The number of hydrogen-bond donors (Lipinski definition) is 0. The van der Waals surface area contributed by atoms with Gasteiger partial charge in [0.05, 0.1) is 11.3 Å². The second-order valence-corrected chi connectivity index (χ2v) is 4.23. The Labute approximate surface area is 94.5 Å². The Morgan fingerprint density at radius 3 is 2.94 bits per heavy atom. The zero-order valence-electron chi connectivity index (χ0n) is 8.05. The third-order valence-corrected chi connectivity index (χ3v) is 3.17. The maximum atomic E-state index is 13.5. The van der Waals surface area contributed by atoms with Gasteiger partial charge in [0.2, 0.25) is 0 Å². The molecule has 0 fully saturated rings. The fourth-order valence-electron chi connectivity index (χ4n) is 1.50. The fraction of sp³-hybridized carbons (Fsp3) is 0.100. The van der Waals surface area contributed by atoms with Crippen LogP contribution in [0.25, 0.3) is 11.4 Å². The smallest absolute Gasteiger partial charge is 0.259 e. The number of carbonyl (C=O) groups excluding carboxylic acids is 1. The molecule has 2 heterocycles. The zero-order chi connectivity index (χ0) is 11.1. The minimum absolute atomic E-state index is 0.116. The molecule has 0 saturated heterocycles. The van der Waals surface area contributed by atoms with Gasteiger partial charge in [-0.15, -0.1) is 5.10 Å². The summed E-state index contributed by atoms with van der Waals surface area (Å²) in [7, 11) is 0. The number of benzene rings is 1. The lowest BCUT2D eigenvalue weighted by Crippen LogP contribution is -2.08. The summed E-state index contributed by atoms with van der Waals surface area (Å²) in [5, 5.41) is 4.53. The molecule has 0 radical (unpaired) electrons. The second-order valence-electron chi connectivity index (χ2n) is 3.29. The number of halogens is 1. The number of nitrogens with zero attached hydrogens (tertiary/aromatic N) is 3. The zero-order valence-corrected chi connectivity index (χ0v) is 8.87. The first kappa shape index (κ1) is 9.53. The highest BCUT2D eigenvalue weighted by molar-refractivity contribution is 8.00. The van der Waals surface area contributed by atoms with Crippen molar-refractivity contribution in [3.63, 3.8) is 0 Å². The Morgan fingerprint density at radius 2 is 2.19 bits per heavy atom. The molecular formula is C10H6FN3OS. The van der Waals surface area contributed by atoms with Crippen LogP contribution in [0, 0.1) is 5.82 Å². The number of rotatable bonds is 1. The van der Waals surface area contributed by atoms with E-state index in [0.717, 1.165) is 0 Å². The average molecular weight is 235 g/mol. The van der Waals surface area contributed by atoms with Crippen LogP contribution >= 0.6 is 11.8 Å². The van der Waals surface area contributed by atoms with Crippen LogP contribution < -0.4 is 0 Å². The van der Waals surface area contributed by atoms with Crippen LogP contribution in [-0.4, -0.2) is 26.4 Å². The fourth-order valence-corrected chi connectivity index (χ4v) is 2.29. The standard InChI is InChI=1S/C10H6FN3OS/c11-7-4-2-1-3-6(7)9-12-10-14(13-9)8(15)5-16-10/h1-4H,5H2. The Morgan fingerprint density at radius 1 is 1.38 bits per heavy atom. The van der Waals surface area contributed by atoms with Crippen LogP contribution in [0.3, 0.4) is 0 Å². The van der Waals surface area contributed by atoms with E-state index in [-0.39, 0.29) is 17.5 Å². The quantitative estimate of drug-likeness (QED) is 0.756. The van der Waals surface area contributed by atoms with Gasteiger partial charge in [-0.1, -0.05) is 23.9 Å². The van der Waals surface area contributed by atoms with Crippen molar-refractivity contribution in [1.82, 2.24) is 14.8 Å². The summed E-state index contributed by atoms with van der Waals surface area (Å²) in [6.07, 6.45) is 0. The van der Waals surface area contributed by atoms with Crippen LogP contribution in [0.15, 0.2) is 29.4 Å². The van der Waals surface area contributed by atoms with Crippen molar-refractivity contribution in [2.45, 2.75) is 5.16 Å². The Bertz CT molecular complexity index is 581. The number of thioether (sulfide) groups is 1. The predicted molar refractivity (Wildman–Crippen MR) is 56.8 cm³/mol. The number of hydrogen-bond acceptors (Lipinski definition) is 4. The predicted octanol–water partition coefficient (Wildman–Crippen LogP) is 1.83. The molecule has 0 aliphatic carbocycles. The highest BCUT2D eigenvalue weighted by atomic mass is 32.2. The molecule has 6 heteroatoms. The molecule has 0 N–H and O–H groups in total. The van der Waals surface area contributed by atoms with Gasteiger partial charge in [0.1, 0.15) is 5.82 Å². The summed E-state index contributed by atoms with van der Waals surface area (Å²) in [6, 6.07) is 6.24. The molecule has 0 bridgehead atoms. The lowest BCUT2D eigenvalue weighted by molar-refractivity contribution is 0.0923. The lowest BCUT2D eigenvalue weighted by atomic mass is 10.2. The van der Waals surface area contributed by atoms with E-state index in [0.29, 0.717) is 16.5 Å². The minimum Gasteiger partial charge on any atom is -0.271 e. The van der Waals surface area contributed by atoms with E-state index >= 15 is 0 Å². The van der Waals surface area contributed by atoms with Crippen LogP contribution in [0.2, 0.25) is 0 Å². The van der Waals surface area contributed by atoms with Crippen molar-refractivity contribution in [3.05, 3.63) is 30.1 Å². The largest absolute Gasteiger partial charge is 0.271 e. The Hall–Kier alpha value is -1.69. The lowest BCUT2D eigenvalue weighted by Gasteiger charge is -1.96. The first-order chi connectivity index (χ1) is 7.75. The van der Waals surface area contributed by atoms with Crippen molar-refractivity contribution >= 4 is 17.7 Å². The molecule has 0 amide bonds. The first-order valence-corrected chi connectivity index (χ1v) is 5.62. The molecule has 16 heavy (non-hydrogen) atoms. The number of fused-ring (bicyclic) bond motifs is 1. The summed E-state index contributed by atoms with van der Waals surface area (Å²) in [5.41, 5.74) is 0.317. The number of aromatic nitrogens is 3. The van der Waals surface area contributed by atoms with E-state index in [1.165, 1.54) is 22.5 Å². The molecule has 3 rings (SSSR count). The summed E-state index contributed by atoms with van der Waals surface area (Å²) in [6.45, 7) is 0. The molecule has 0 unspecified atom stereocenters.